The van der Waals surface area contributed by atoms with Crippen LogP contribution in [0, 0.1) is 0 Å². The predicted octanol–water partition coefficient (Wildman–Crippen LogP) is 24.7. The average Bonchev–Trinajstić information content (AvgIpc) is 2.93. The second-order valence-corrected chi connectivity index (χ2v) is 51.1. The summed E-state index contributed by atoms with van der Waals surface area (Å²) in [5.74, 6) is 0. The van der Waals surface area contributed by atoms with Gasteiger partial charge in [0.1, 0.15) is 0 Å². The van der Waals surface area contributed by atoms with E-state index in [2.05, 4.69) is 95.6 Å². The largest absolute Gasteiger partial charge is 6.00 e. The third kappa shape index (κ3) is 112. The zero-order valence-corrected chi connectivity index (χ0v) is 77.6. The molecule has 0 rings (SSSR count). The molecule has 0 aliphatic heterocycles. The van der Waals surface area contributed by atoms with E-state index in [0.29, 0.717) is 79.3 Å². The Hall–Kier alpha value is 6.23. The predicted molar refractivity (Wildman–Crippen MR) is 444 cm³/mol. The molecule has 564 valence electrons. The molecule has 0 fully saturated rings. The van der Waals surface area contributed by atoms with Crippen LogP contribution in [0.2, 0.25) is 0 Å². The van der Waals surface area contributed by atoms with Gasteiger partial charge in [0, 0.05) is 0 Å². The molecule has 0 saturated heterocycles. The first-order chi connectivity index (χ1) is 43.7. The van der Waals surface area contributed by atoms with Crippen molar-refractivity contribution in [1.29, 1.82) is 0 Å². The smallest absolute Gasteiger partial charge is 0.691 e. The monoisotopic (exact) mass is 1760 g/mol. The summed E-state index contributed by atoms with van der Waals surface area (Å²) in [7, 11) is 0. The minimum Gasteiger partial charge on any atom is -0.691 e. The van der Waals surface area contributed by atoms with Gasteiger partial charge in [-0.15, -0.1) is 0 Å². The van der Waals surface area contributed by atoms with E-state index < -0.39 is 34.2 Å². The van der Waals surface area contributed by atoms with Crippen molar-refractivity contribution >= 4 is 191 Å². The average molecular weight is 1760 g/mol. The maximum absolute atomic E-state index is 7.83. The molecule has 0 bridgehead atoms. The summed E-state index contributed by atoms with van der Waals surface area (Å²) in [6, 6.07) is 0. The second kappa shape index (κ2) is 88.9. The van der Waals surface area contributed by atoms with Crippen molar-refractivity contribution in [2.75, 3.05) is 79.3 Å². The first-order valence-corrected chi connectivity index (χ1v) is 56.7. The van der Waals surface area contributed by atoms with Crippen molar-refractivity contribution in [3.63, 3.8) is 0 Å². The van der Waals surface area contributed by atoms with E-state index in [1.807, 2.05) is 0 Å². The van der Waals surface area contributed by atoms with Gasteiger partial charge in [0.2, 0.25) is 0 Å². The maximum atomic E-state index is 7.83. The quantitative estimate of drug-likeness (QED) is 0.0248. The molecule has 33 heteroatoms. The fraction of sp³-hybridized carbons (Fsp3) is 1.00. The molecule has 0 heterocycles. The van der Waals surface area contributed by atoms with Gasteiger partial charge in [0.25, 0.3) is 0 Å². The van der Waals surface area contributed by atoms with Gasteiger partial charge in [-0.05, 0) is 77.0 Å². The van der Waals surface area contributed by atoms with Crippen molar-refractivity contribution in [2.24, 2.45) is 0 Å². The molecule has 0 aromatic heterocycles. The first-order valence-electron chi connectivity index (χ1n) is 34.5. The first kappa shape index (κ1) is 115. The molecule has 0 unspecified atom stereocenters. The molecule has 0 N–H and O–H groups in total. The zero-order valence-electron chi connectivity index (χ0n) is 59.6. The van der Waals surface area contributed by atoms with Crippen LogP contribution < -0.4 is 0 Å². The van der Waals surface area contributed by atoms with E-state index in [4.69, 9.17) is 203 Å². The molecule has 0 aliphatic carbocycles. The van der Waals surface area contributed by atoms with E-state index in [1.54, 1.807) is 0 Å². The Kier molecular flexibility index (Phi) is 110. The van der Waals surface area contributed by atoms with Crippen LogP contribution in [0.5, 0.6) is 0 Å². The Morgan fingerprint density at radius 2 is 0.247 bits per heavy atom. The van der Waals surface area contributed by atoms with Gasteiger partial charge in [-0.3, -0.25) is 0 Å². The van der Waals surface area contributed by atoms with Gasteiger partial charge in [0.15, 0.2) is 12.5 Å². The fourth-order valence-electron chi connectivity index (χ4n) is 6.56. The van der Waals surface area contributed by atoms with Crippen LogP contribution >= 0.6 is 34.2 Å². The third-order valence-electron chi connectivity index (χ3n) is 12.0. The van der Waals surface area contributed by atoms with Gasteiger partial charge in [-0.25, -0.2) is 0 Å². The van der Waals surface area contributed by atoms with Crippen molar-refractivity contribution in [3.8, 4) is 0 Å². The Morgan fingerprint density at radius 3 is 0.301 bits per heavy atom. The van der Waals surface area contributed by atoms with Crippen LogP contribution in [0.3, 0.4) is 0 Å². The molecule has 93 heavy (non-hydrogen) atoms. The van der Waals surface area contributed by atoms with Crippen molar-refractivity contribution in [1.82, 2.24) is 0 Å². The van der Waals surface area contributed by atoms with Crippen LogP contribution in [0.15, 0.2) is 0 Å². The summed E-state index contributed by atoms with van der Waals surface area (Å²) < 4.78 is 73.0. The molecular weight excluding hydrogens is 1630 g/mol. The number of hydrogen-bond acceptors (Lipinski definition) is 26. The van der Waals surface area contributed by atoms with E-state index >= 15 is 0 Å². The van der Waals surface area contributed by atoms with Crippen molar-refractivity contribution < 1.29 is 79.6 Å². The summed E-state index contributed by atoms with van der Waals surface area (Å²) in [6.45, 7) is 33.8. The minimum absolute atomic E-state index is 0. The van der Waals surface area contributed by atoms with Gasteiger partial charge < -0.3 is 128 Å². The van der Waals surface area contributed by atoms with E-state index in [9.17, 15) is 0 Å². The minimum atomic E-state index is -2.36. The summed E-state index contributed by atoms with van der Waals surface area (Å²) in [4.78, 5) is 0. The molecule has 0 saturated carbocycles. The van der Waals surface area contributed by atoms with Crippen LogP contribution in [-0.2, 0) is 232 Å². The van der Waals surface area contributed by atoms with E-state index in [-0.39, 0.29) is 21.1 Å². The van der Waals surface area contributed by atoms with Crippen LogP contribution in [0.25, 0.3) is 0 Å². The zero-order chi connectivity index (χ0) is 71.4. The fourth-order valence-corrected chi connectivity index (χ4v) is 16.6. The molecule has 0 spiro atoms. The molecule has 0 amide bonds. The number of rotatable bonds is 60. The maximum Gasteiger partial charge on any atom is 6.00 e. The van der Waals surface area contributed by atoms with Crippen molar-refractivity contribution in [2.45, 2.75) is 314 Å². The van der Waals surface area contributed by atoms with Crippen LogP contribution in [0.1, 0.15) is 314 Å². The molecular formula is C60H132MoO13P6S13. The topological polar surface area (TPSA) is 128 Å². The number of hydrogen-bond donors (Lipinski definition) is 0. The molecule has 0 aromatic carbocycles. The molecule has 0 aromatic rings. The van der Waals surface area contributed by atoms with E-state index in [1.165, 1.54) is 154 Å². The normalized spacial score (nSPS) is 11.6. The SMILES string of the molecule is CCCCCOP(=S)([S-])OCCCCC.CCCCCOP(=S)([S-])OCCCCC.CCCCCOP(=S)([S-])OCCCCC.CCCCCOP(=S)([S-])OCCCCC.CCCCCOP(=S)([S-])OCCCCC.CCCCCOP(=S)([S-])OCCCCC.O=S.[Mo+6]. The molecule has 0 radical (unpaired) electrons. The van der Waals surface area contributed by atoms with Gasteiger partial charge in [-0.1, -0.05) is 308 Å². The Balaban J connectivity index is -0.000000154. The summed E-state index contributed by atoms with van der Waals surface area (Å²) >= 11 is 64.3. The summed E-state index contributed by atoms with van der Waals surface area (Å²) in [6.07, 6.45) is 40.6. The van der Waals surface area contributed by atoms with Gasteiger partial charge >= 0.3 is 21.1 Å². The summed E-state index contributed by atoms with van der Waals surface area (Å²) in [5, 5.41) is 0. The second-order valence-electron chi connectivity index (χ2n) is 21.2. The Bertz CT molecular complexity index is 1370. The molecule has 13 nitrogen and oxygen atoms in total. The van der Waals surface area contributed by atoms with Gasteiger partial charge in [0.05, 0.1) is 113 Å². The Morgan fingerprint density at radius 1 is 0.183 bits per heavy atom. The van der Waals surface area contributed by atoms with E-state index in [0.717, 1.165) is 77.0 Å². The van der Waals surface area contributed by atoms with Crippen LogP contribution in [0.4, 0.5) is 0 Å². The standard InChI is InChI=1S/6C10H23O2PS2.Mo.OS/c6*1-3-5-7-9-11-13(14,15)12-10-8-6-4-2;;1-2/h6*3-10H2,1-2H3,(H,14,15);;/q;;;;;;+6;/p-6. The van der Waals surface area contributed by atoms with Crippen molar-refractivity contribution in [3.05, 3.63) is 0 Å². The Labute approximate surface area is 657 Å². The molecule has 0 atom stereocenters. The molecule has 0 aliphatic rings. The van der Waals surface area contributed by atoms with Gasteiger partial charge in [-0.2, -0.15) is 4.21 Å². The summed E-state index contributed by atoms with van der Waals surface area (Å²) in [5.41, 5.74) is -14.1. The number of unbranched alkanes of at least 4 members (excludes halogenated alkanes) is 24. The van der Waals surface area contributed by atoms with Crippen LogP contribution in [-0.4, -0.2) is 83.5 Å². The third-order valence-corrected chi connectivity index (χ3v) is 25.5.